The third-order valence-electron chi connectivity index (χ3n) is 3.80. The van der Waals surface area contributed by atoms with Crippen LogP contribution in [0.4, 0.5) is 0 Å². The van der Waals surface area contributed by atoms with Gasteiger partial charge in [-0.3, -0.25) is 9.59 Å². The molecule has 1 aliphatic rings. The van der Waals surface area contributed by atoms with E-state index >= 15 is 0 Å². The first-order valence-corrected chi connectivity index (χ1v) is 8.95. The third-order valence-corrected chi connectivity index (χ3v) is 5.70. The first-order chi connectivity index (χ1) is 10.8. The van der Waals surface area contributed by atoms with Gasteiger partial charge in [-0.05, 0) is 24.5 Å². The highest BCUT2D eigenvalue weighted by Gasteiger charge is 2.30. The molecule has 0 saturated carbocycles. The van der Waals surface area contributed by atoms with Crippen LogP contribution in [0.15, 0.2) is 24.3 Å². The van der Waals surface area contributed by atoms with Gasteiger partial charge in [0.25, 0.3) is 0 Å². The number of sulfonamides is 1. The van der Waals surface area contributed by atoms with Crippen molar-refractivity contribution in [3.8, 4) is 0 Å². The Morgan fingerprint density at radius 1 is 1.35 bits per heavy atom. The van der Waals surface area contributed by atoms with E-state index in [0.717, 1.165) is 9.87 Å². The molecule has 0 spiro atoms. The van der Waals surface area contributed by atoms with Gasteiger partial charge in [-0.2, -0.15) is 4.31 Å². The molecule has 2 N–H and O–H groups in total. The Bertz CT molecular complexity index is 702. The fraction of sp³-hybridized carbons (Fsp3) is 0.467. The third kappa shape index (κ3) is 4.52. The summed E-state index contributed by atoms with van der Waals surface area (Å²) in [7, 11) is -3.36. The van der Waals surface area contributed by atoms with Gasteiger partial charge < -0.3 is 10.4 Å². The molecule has 1 aromatic carbocycles. The van der Waals surface area contributed by atoms with Crippen LogP contribution >= 0.6 is 0 Å². The van der Waals surface area contributed by atoms with Gasteiger partial charge in [0.05, 0.1) is 24.8 Å². The van der Waals surface area contributed by atoms with Crippen LogP contribution in [0.25, 0.3) is 0 Å². The summed E-state index contributed by atoms with van der Waals surface area (Å²) in [4.78, 5) is 23.2. The molecule has 7 nitrogen and oxygen atoms in total. The highest BCUT2D eigenvalue weighted by Crippen LogP contribution is 2.21. The van der Waals surface area contributed by atoms with Crippen LogP contribution in [0.3, 0.4) is 0 Å². The molecule has 1 heterocycles. The van der Waals surface area contributed by atoms with E-state index in [9.17, 15) is 18.0 Å². The number of hydrogen-bond donors (Lipinski definition) is 2. The van der Waals surface area contributed by atoms with E-state index in [1.807, 2.05) is 19.1 Å². The summed E-state index contributed by atoms with van der Waals surface area (Å²) in [5.74, 6) is -1.48. The van der Waals surface area contributed by atoms with Crippen LogP contribution in [-0.2, 0) is 19.6 Å². The molecule has 2 rings (SSSR count). The average Bonchev–Trinajstić information content (AvgIpc) is 2.77. The maximum Gasteiger partial charge on any atom is 0.305 e. The van der Waals surface area contributed by atoms with Crippen LogP contribution in [0.1, 0.15) is 30.0 Å². The largest absolute Gasteiger partial charge is 0.481 e. The number of hydrogen-bond acceptors (Lipinski definition) is 4. The molecule has 126 valence electrons. The first kappa shape index (κ1) is 17.4. The number of amides is 1. The maximum atomic E-state index is 12.2. The predicted octanol–water partition coefficient (Wildman–Crippen LogP) is 0.663. The van der Waals surface area contributed by atoms with Gasteiger partial charge in [-0.25, -0.2) is 8.42 Å². The van der Waals surface area contributed by atoms with Crippen LogP contribution in [0.2, 0.25) is 0 Å². The smallest absolute Gasteiger partial charge is 0.305 e. The van der Waals surface area contributed by atoms with E-state index in [1.54, 1.807) is 12.1 Å². The number of carboxylic acid groups (broad SMARTS) is 1. The molecular formula is C15H20N2O5S. The van der Waals surface area contributed by atoms with Gasteiger partial charge in [0, 0.05) is 6.54 Å². The van der Waals surface area contributed by atoms with Crippen molar-refractivity contribution < 1.29 is 23.1 Å². The lowest BCUT2D eigenvalue weighted by Gasteiger charge is -2.21. The minimum Gasteiger partial charge on any atom is -0.481 e. The number of aliphatic carboxylic acids is 1. The van der Waals surface area contributed by atoms with Crippen molar-refractivity contribution in [1.29, 1.82) is 0 Å². The Balaban J connectivity index is 2.10. The minimum atomic E-state index is -3.36. The second kappa shape index (κ2) is 7.10. The van der Waals surface area contributed by atoms with Gasteiger partial charge in [0.2, 0.25) is 15.9 Å². The summed E-state index contributed by atoms with van der Waals surface area (Å²) in [5, 5.41) is 11.7. The zero-order valence-corrected chi connectivity index (χ0v) is 13.7. The Morgan fingerprint density at radius 3 is 2.61 bits per heavy atom. The van der Waals surface area contributed by atoms with Crippen molar-refractivity contribution in [1.82, 2.24) is 9.62 Å². The van der Waals surface area contributed by atoms with Crippen LogP contribution in [-0.4, -0.2) is 48.5 Å². The maximum absolute atomic E-state index is 12.2. The molecule has 0 aromatic heterocycles. The van der Waals surface area contributed by atoms with Gasteiger partial charge >= 0.3 is 5.97 Å². The molecule has 1 aliphatic heterocycles. The quantitative estimate of drug-likeness (QED) is 0.792. The lowest BCUT2D eigenvalue weighted by atomic mass is 9.99. The molecule has 1 saturated heterocycles. The topological polar surface area (TPSA) is 104 Å². The summed E-state index contributed by atoms with van der Waals surface area (Å²) in [5.41, 5.74) is 1.58. The van der Waals surface area contributed by atoms with E-state index in [4.69, 9.17) is 5.11 Å². The van der Waals surface area contributed by atoms with Gasteiger partial charge in [-0.15, -0.1) is 0 Å². The molecule has 1 fully saturated rings. The number of carbonyl (C=O) groups excluding carboxylic acids is 1. The number of carboxylic acids is 1. The number of aryl methyl sites for hydroxylation is 1. The van der Waals surface area contributed by atoms with Crippen LogP contribution < -0.4 is 5.32 Å². The number of benzene rings is 1. The summed E-state index contributed by atoms with van der Waals surface area (Å²) in [6.07, 6.45) is 0.245. The zero-order valence-electron chi connectivity index (χ0n) is 12.9. The molecule has 0 bridgehead atoms. The fourth-order valence-corrected chi connectivity index (χ4v) is 4.13. The lowest BCUT2D eigenvalue weighted by molar-refractivity contribution is -0.137. The number of nitrogens with one attached hydrogen (secondary N) is 1. The summed E-state index contributed by atoms with van der Waals surface area (Å²) in [6, 6.07) is 6.51. The van der Waals surface area contributed by atoms with Gasteiger partial charge in [0.15, 0.2) is 0 Å². The van der Waals surface area contributed by atoms with E-state index in [2.05, 4.69) is 5.32 Å². The van der Waals surface area contributed by atoms with Crippen LogP contribution in [0.5, 0.6) is 0 Å². The molecule has 0 radical (unpaired) electrons. The van der Waals surface area contributed by atoms with Crippen molar-refractivity contribution >= 4 is 21.9 Å². The monoisotopic (exact) mass is 340 g/mol. The van der Waals surface area contributed by atoms with Gasteiger partial charge in [0.1, 0.15) is 0 Å². The lowest BCUT2D eigenvalue weighted by Crippen LogP contribution is -2.40. The van der Waals surface area contributed by atoms with Crippen molar-refractivity contribution in [2.45, 2.75) is 25.8 Å². The molecule has 1 atom stereocenters. The van der Waals surface area contributed by atoms with Crippen molar-refractivity contribution in [3.63, 3.8) is 0 Å². The molecule has 23 heavy (non-hydrogen) atoms. The van der Waals surface area contributed by atoms with Gasteiger partial charge in [-0.1, -0.05) is 24.3 Å². The molecular weight excluding hydrogens is 320 g/mol. The second-order valence-electron chi connectivity index (χ2n) is 5.58. The normalized spacial score (nSPS) is 18.5. The predicted molar refractivity (Wildman–Crippen MR) is 84.3 cm³/mol. The highest BCUT2D eigenvalue weighted by molar-refractivity contribution is 7.89. The van der Waals surface area contributed by atoms with E-state index < -0.39 is 27.9 Å². The Kier molecular flexibility index (Phi) is 5.38. The fourth-order valence-electron chi connectivity index (χ4n) is 2.66. The molecule has 0 aliphatic carbocycles. The highest BCUT2D eigenvalue weighted by atomic mass is 32.2. The standard InChI is InChI=1S/C15H20N2O5S/c1-11-5-2-3-6-12(11)13(9-15(19)20)16-14(18)10-17-7-4-8-23(17,21)22/h2-3,5-6,13H,4,7-10H2,1H3,(H,16,18)(H,19,20). The summed E-state index contributed by atoms with van der Waals surface area (Å²) in [6.45, 7) is 1.88. The zero-order chi connectivity index (χ0) is 17.0. The Hall–Kier alpha value is -1.93. The SMILES string of the molecule is Cc1ccccc1C(CC(=O)O)NC(=O)CN1CCCS1(=O)=O. The minimum absolute atomic E-state index is 0.0522. The molecule has 8 heteroatoms. The van der Waals surface area contributed by atoms with Crippen molar-refractivity contribution in [2.24, 2.45) is 0 Å². The first-order valence-electron chi connectivity index (χ1n) is 7.34. The van der Waals surface area contributed by atoms with E-state index in [-0.39, 0.29) is 18.7 Å². The molecule has 1 amide bonds. The number of nitrogens with zero attached hydrogens (tertiary/aromatic N) is 1. The average molecular weight is 340 g/mol. The Morgan fingerprint density at radius 2 is 2.04 bits per heavy atom. The summed E-state index contributed by atoms with van der Waals surface area (Å²) >= 11 is 0. The van der Waals surface area contributed by atoms with Crippen molar-refractivity contribution in [3.05, 3.63) is 35.4 Å². The Labute approximate surface area is 135 Å². The van der Waals surface area contributed by atoms with E-state index in [0.29, 0.717) is 18.5 Å². The second-order valence-corrected chi connectivity index (χ2v) is 7.67. The molecule has 1 aromatic rings. The number of carbonyl (C=O) groups is 2. The van der Waals surface area contributed by atoms with E-state index in [1.165, 1.54) is 0 Å². The molecule has 1 unspecified atom stereocenters. The van der Waals surface area contributed by atoms with Crippen LogP contribution in [0, 0.1) is 6.92 Å². The number of rotatable bonds is 6. The summed E-state index contributed by atoms with van der Waals surface area (Å²) < 4.78 is 24.6. The van der Waals surface area contributed by atoms with Crippen molar-refractivity contribution in [2.75, 3.05) is 18.8 Å².